The fourth-order valence-corrected chi connectivity index (χ4v) is 3.93. The third-order valence-corrected chi connectivity index (χ3v) is 5.56. The average Bonchev–Trinajstić information content (AvgIpc) is 2.86. The van der Waals surface area contributed by atoms with E-state index < -0.39 is 5.97 Å². The van der Waals surface area contributed by atoms with Gasteiger partial charge in [-0.15, -0.1) is 0 Å². The molecule has 0 aliphatic rings. The minimum Gasteiger partial charge on any atom is -0.468 e. The maximum Gasteiger partial charge on any atom is 0.325 e. The lowest BCUT2D eigenvalue weighted by atomic mass is 9.84. The maximum atomic E-state index is 13.5. The van der Waals surface area contributed by atoms with E-state index in [0.29, 0.717) is 5.56 Å². The predicted molar refractivity (Wildman–Crippen MR) is 125 cm³/mol. The van der Waals surface area contributed by atoms with Crippen LogP contribution in [0.5, 0.6) is 0 Å². The van der Waals surface area contributed by atoms with E-state index in [4.69, 9.17) is 9.72 Å². The van der Waals surface area contributed by atoms with Crippen molar-refractivity contribution >= 4 is 22.8 Å². The average molecular weight is 425 g/mol. The third kappa shape index (κ3) is 4.23. The number of esters is 1. The lowest BCUT2D eigenvalue weighted by molar-refractivity contribution is -0.139. The normalized spacial score (nSPS) is 11.7. The third-order valence-electron chi connectivity index (χ3n) is 5.56. The summed E-state index contributed by atoms with van der Waals surface area (Å²) in [6.07, 6.45) is 0. The number of methoxy groups -OCH3 is 1. The number of para-hydroxylation sites is 1. The van der Waals surface area contributed by atoms with Crippen molar-refractivity contribution < 1.29 is 14.3 Å². The molecule has 0 spiro atoms. The summed E-state index contributed by atoms with van der Waals surface area (Å²) in [5.74, 6) is -0.941. The molecule has 0 aliphatic heterocycles. The zero-order chi connectivity index (χ0) is 22.5. The Hall–Kier alpha value is -3.99. The fourth-order valence-electron chi connectivity index (χ4n) is 3.93. The predicted octanol–water partition coefficient (Wildman–Crippen LogP) is 4.96. The number of rotatable bonds is 6. The van der Waals surface area contributed by atoms with Gasteiger partial charge in [-0.1, -0.05) is 85.8 Å². The molecule has 32 heavy (non-hydrogen) atoms. The number of carbonyl (C=O) groups excluding carboxylic acids is 2. The van der Waals surface area contributed by atoms with Crippen molar-refractivity contribution in [3.8, 4) is 11.3 Å². The van der Waals surface area contributed by atoms with Crippen LogP contribution in [-0.2, 0) is 9.53 Å². The molecule has 0 bridgehead atoms. The van der Waals surface area contributed by atoms with E-state index in [1.807, 2.05) is 84.9 Å². The summed E-state index contributed by atoms with van der Waals surface area (Å²) in [5, 5.41) is 3.47. The van der Waals surface area contributed by atoms with Gasteiger partial charge >= 0.3 is 5.97 Å². The Morgan fingerprint density at radius 3 is 2.22 bits per heavy atom. The summed E-state index contributed by atoms with van der Waals surface area (Å²) in [5.41, 5.74) is 4.82. The molecule has 5 nitrogen and oxygen atoms in total. The molecule has 1 aromatic heterocycles. The smallest absolute Gasteiger partial charge is 0.325 e. The molecule has 1 atom stereocenters. The van der Waals surface area contributed by atoms with E-state index in [0.717, 1.165) is 33.3 Å². The number of ether oxygens (including phenoxy) is 1. The minimum atomic E-state index is -0.502. The van der Waals surface area contributed by atoms with E-state index in [9.17, 15) is 9.59 Å². The number of nitrogens with one attached hydrogen (secondary N) is 1. The van der Waals surface area contributed by atoms with E-state index in [-0.39, 0.29) is 18.4 Å². The summed E-state index contributed by atoms with van der Waals surface area (Å²) in [7, 11) is 1.30. The number of fused-ring (bicyclic) bond motifs is 1. The monoisotopic (exact) mass is 424 g/mol. The summed E-state index contributed by atoms with van der Waals surface area (Å²) in [6, 6.07) is 27.5. The molecule has 1 N–H and O–H groups in total. The highest BCUT2D eigenvalue weighted by Crippen LogP contribution is 2.38. The van der Waals surface area contributed by atoms with Crippen molar-refractivity contribution in [2.45, 2.75) is 12.8 Å². The second kappa shape index (κ2) is 9.43. The van der Waals surface area contributed by atoms with Gasteiger partial charge in [-0.3, -0.25) is 9.59 Å². The van der Waals surface area contributed by atoms with Crippen LogP contribution >= 0.6 is 0 Å². The lowest BCUT2D eigenvalue weighted by Gasteiger charge is -2.22. The molecule has 0 radical (unpaired) electrons. The molecule has 1 unspecified atom stereocenters. The highest BCUT2D eigenvalue weighted by Gasteiger charge is 2.26. The van der Waals surface area contributed by atoms with Gasteiger partial charge in [0.05, 0.1) is 23.9 Å². The van der Waals surface area contributed by atoms with Gasteiger partial charge in [-0.25, -0.2) is 4.98 Å². The molecular weight excluding hydrogens is 400 g/mol. The Morgan fingerprint density at radius 1 is 0.906 bits per heavy atom. The largest absolute Gasteiger partial charge is 0.468 e. The first-order valence-electron chi connectivity index (χ1n) is 10.5. The molecule has 1 amide bonds. The second-order valence-electron chi connectivity index (χ2n) is 7.52. The zero-order valence-corrected chi connectivity index (χ0v) is 18.0. The standard InChI is InChI=1S/C27H24N2O3/c1-18(19-11-5-3-6-12-19)24-25(27(31)28-17-23(30)32-2)21-15-9-10-16-22(21)29-26(24)20-13-7-4-8-14-20/h3-16,18H,17H2,1-2H3,(H,28,31). The fraction of sp³-hybridized carbons (Fsp3) is 0.148. The van der Waals surface area contributed by atoms with E-state index in [1.54, 1.807) is 0 Å². The number of carbonyl (C=O) groups is 2. The number of hydrogen-bond donors (Lipinski definition) is 1. The van der Waals surface area contributed by atoms with Gasteiger partial charge in [0.1, 0.15) is 6.54 Å². The number of amides is 1. The molecule has 0 saturated heterocycles. The first-order valence-corrected chi connectivity index (χ1v) is 10.5. The summed E-state index contributed by atoms with van der Waals surface area (Å²) < 4.78 is 4.70. The van der Waals surface area contributed by atoms with Crippen LogP contribution in [0.3, 0.4) is 0 Å². The number of aromatic nitrogens is 1. The van der Waals surface area contributed by atoms with Crippen LogP contribution in [-0.4, -0.2) is 30.5 Å². The molecule has 0 aliphatic carbocycles. The van der Waals surface area contributed by atoms with E-state index >= 15 is 0 Å². The Labute approximate surface area is 187 Å². The van der Waals surface area contributed by atoms with Crippen LogP contribution in [0.25, 0.3) is 22.2 Å². The Balaban J connectivity index is 1.99. The van der Waals surface area contributed by atoms with Gasteiger partial charge in [0, 0.05) is 16.9 Å². The second-order valence-corrected chi connectivity index (χ2v) is 7.52. The molecule has 3 aromatic carbocycles. The molecule has 1 heterocycles. The van der Waals surface area contributed by atoms with Crippen LogP contribution < -0.4 is 5.32 Å². The Morgan fingerprint density at radius 2 is 1.53 bits per heavy atom. The SMILES string of the molecule is COC(=O)CNC(=O)c1c(C(C)c2ccccc2)c(-c2ccccc2)nc2ccccc12. The Bertz CT molecular complexity index is 1250. The number of benzene rings is 3. The minimum absolute atomic E-state index is 0.109. The molecule has 4 rings (SSSR count). The molecule has 0 saturated carbocycles. The van der Waals surface area contributed by atoms with Crippen molar-refractivity contribution in [2.75, 3.05) is 13.7 Å². The van der Waals surface area contributed by atoms with Crippen LogP contribution in [0.15, 0.2) is 84.9 Å². The maximum absolute atomic E-state index is 13.5. The van der Waals surface area contributed by atoms with E-state index in [1.165, 1.54) is 7.11 Å². The van der Waals surface area contributed by atoms with Crippen molar-refractivity contribution in [2.24, 2.45) is 0 Å². The quantitative estimate of drug-likeness (QED) is 0.445. The van der Waals surface area contributed by atoms with Gasteiger partial charge in [-0.05, 0) is 17.2 Å². The van der Waals surface area contributed by atoms with Gasteiger partial charge in [-0.2, -0.15) is 0 Å². The number of nitrogens with zero attached hydrogens (tertiary/aromatic N) is 1. The first kappa shape index (κ1) is 21.2. The highest BCUT2D eigenvalue weighted by atomic mass is 16.5. The first-order chi connectivity index (χ1) is 15.6. The molecule has 5 heteroatoms. The molecule has 160 valence electrons. The van der Waals surface area contributed by atoms with Gasteiger partial charge in [0.15, 0.2) is 0 Å². The van der Waals surface area contributed by atoms with Crippen molar-refractivity contribution in [3.63, 3.8) is 0 Å². The van der Waals surface area contributed by atoms with Crippen LogP contribution in [0, 0.1) is 0 Å². The van der Waals surface area contributed by atoms with Crippen LogP contribution in [0.2, 0.25) is 0 Å². The molecule has 0 fully saturated rings. The van der Waals surface area contributed by atoms with Gasteiger partial charge < -0.3 is 10.1 Å². The highest BCUT2D eigenvalue weighted by molar-refractivity contribution is 6.10. The summed E-state index contributed by atoms with van der Waals surface area (Å²) in [4.78, 5) is 30.1. The summed E-state index contributed by atoms with van der Waals surface area (Å²) >= 11 is 0. The van der Waals surface area contributed by atoms with Crippen LogP contribution in [0.1, 0.15) is 34.3 Å². The summed E-state index contributed by atoms with van der Waals surface area (Å²) in [6.45, 7) is 1.87. The van der Waals surface area contributed by atoms with Crippen LogP contribution in [0.4, 0.5) is 0 Å². The van der Waals surface area contributed by atoms with Gasteiger partial charge in [0.25, 0.3) is 5.91 Å². The number of pyridine rings is 1. The molecular formula is C27H24N2O3. The topological polar surface area (TPSA) is 68.3 Å². The van der Waals surface area contributed by atoms with E-state index in [2.05, 4.69) is 12.2 Å². The number of hydrogen-bond acceptors (Lipinski definition) is 4. The lowest BCUT2D eigenvalue weighted by Crippen LogP contribution is -2.31. The van der Waals surface area contributed by atoms with Crippen molar-refractivity contribution in [1.82, 2.24) is 10.3 Å². The zero-order valence-electron chi connectivity index (χ0n) is 18.0. The van der Waals surface area contributed by atoms with Gasteiger partial charge in [0.2, 0.25) is 0 Å². The van der Waals surface area contributed by atoms with Crippen molar-refractivity contribution in [3.05, 3.63) is 102 Å². The Kier molecular flexibility index (Phi) is 6.26. The molecule has 4 aromatic rings. The van der Waals surface area contributed by atoms with Crippen molar-refractivity contribution in [1.29, 1.82) is 0 Å².